The summed E-state index contributed by atoms with van der Waals surface area (Å²) >= 11 is 6.06. The molecule has 35 heavy (non-hydrogen) atoms. The van der Waals surface area contributed by atoms with E-state index in [0.717, 1.165) is 29.6 Å². The molecule has 10 nitrogen and oxygen atoms in total. The summed E-state index contributed by atoms with van der Waals surface area (Å²) in [6, 6.07) is 6.13. The van der Waals surface area contributed by atoms with Gasteiger partial charge in [0.1, 0.15) is 12.4 Å². The number of oxazole rings is 1. The average molecular weight is 493 g/mol. The minimum atomic E-state index is -0.661. The maximum atomic E-state index is 15.2. The molecule has 0 N–H and O–H groups in total. The molecule has 12 heteroatoms. The van der Waals surface area contributed by atoms with E-state index >= 15 is 4.39 Å². The summed E-state index contributed by atoms with van der Waals surface area (Å²) in [6.45, 7) is 0. The Morgan fingerprint density at radius 2 is 2.09 bits per heavy atom. The SMILES string of the molecule is [O-][n+]1cc(-c2c(-n3cnnn3)ccc(Cl)c2F)ccc1C(CC1CC1)n1cc(-c2cnco2)cn1. The standard InChI is InChI=1S/C23H18ClFN8O2/c24-17-4-6-19(32-12-27-29-30-32)22(23(17)25)15-3-5-18(33(34)11-15)20(7-14-1-2-14)31-10-16(8-28-31)21-9-26-13-35-21/h3-6,8-14,20H,1-2,7H2. The lowest BCUT2D eigenvalue weighted by atomic mass is 10.0. The summed E-state index contributed by atoms with van der Waals surface area (Å²) in [5.41, 5.74) is 2.11. The van der Waals surface area contributed by atoms with E-state index < -0.39 is 5.82 Å². The fraction of sp³-hybridized carbons (Fsp3) is 0.217. The second kappa shape index (κ2) is 8.58. The molecule has 1 saturated carbocycles. The molecule has 1 unspecified atom stereocenters. The van der Waals surface area contributed by atoms with Crippen LogP contribution in [0.3, 0.4) is 0 Å². The highest BCUT2D eigenvalue weighted by Crippen LogP contribution is 2.39. The summed E-state index contributed by atoms with van der Waals surface area (Å²) < 4.78 is 24.4. The van der Waals surface area contributed by atoms with Crippen molar-refractivity contribution < 1.29 is 13.5 Å². The first-order valence-electron chi connectivity index (χ1n) is 11.0. The van der Waals surface area contributed by atoms with Gasteiger partial charge >= 0.3 is 0 Å². The molecule has 5 aromatic rings. The van der Waals surface area contributed by atoms with Gasteiger partial charge in [-0.05, 0) is 41.0 Å². The van der Waals surface area contributed by atoms with Gasteiger partial charge in [0.25, 0.3) is 0 Å². The van der Waals surface area contributed by atoms with Gasteiger partial charge in [0.15, 0.2) is 24.2 Å². The van der Waals surface area contributed by atoms with E-state index in [1.54, 1.807) is 35.3 Å². The van der Waals surface area contributed by atoms with Crippen LogP contribution in [0, 0.1) is 16.9 Å². The van der Waals surface area contributed by atoms with Crippen molar-refractivity contribution in [2.45, 2.75) is 25.3 Å². The summed E-state index contributed by atoms with van der Waals surface area (Å²) in [6.07, 6.45) is 12.2. The monoisotopic (exact) mass is 492 g/mol. The lowest BCUT2D eigenvalue weighted by Crippen LogP contribution is -2.35. The minimum absolute atomic E-state index is 0.0681. The van der Waals surface area contributed by atoms with Crippen molar-refractivity contribution >= 4 is 11.6 Å². The van der Waals surface area contributed by atoms with Crippen molar-refractivity contribution in [1.29, 1.82) is 0 Å². The largest absolute Gasteiger partial charge is 0.618 e. The smallest absolute Gasteiger partial charge is 0.217 e. The Morgan fingerprint density at radius 3 is 2.80 bits per heavy atom. The highest BCUT2D eigenvalue weighted by atomic mass is 35.5. The van der Waals surface area contributed by atoms with Crippen LogP contribution in [-0.2, 0) is 0 Å². The molecule has 0 amide bonds. The average Bonchev–Trinajstić information content (AvgIpc) is 3.31. The number of nitrogens with zero attached hydrogens (tertiary/aromatic N) is 8. The third-order valence-electron chi connectivity index (χ3n) is 6.13. The first-order valence-corrected chi connectivity index (χ1v) is 11.3. The molecule has 1 aromatic carbocycles. The van der Waals surface area contributed by atoms with E-state index in [1.165, 1.54) is 29.7 Å². The molecule has 1 aliphatic carbocycles. The number of hydrogen-bond donors (Lipinski definition) is 0. The van der Waals surface area contributed by atoms with E-state index in [-0.39, 0.29) is 16.6 Å². The number of pyridine rings is 1. The lowest BCUT2D eigenvalue weighted by molar-refractivity contribution is -0.615. The minimum Gasteiger partial charge on any atom is -0.618 e. The number of rotatable bonds is 7. The number of hydrogen-bond acceptors (Lipinski definition) is 7. The van der Waals surface area contributed by atoms with Crippen LogP contribution in [0.1, 0.15) is 31.0 Å². The van der Waals surface area contributed by atoms with Crippen molar-refractivity contribution in [2.75, 3.05) is 0 Å². The summed E-state index contributed by atoms with van der Waals surface area (Å²) in [5, 5.41) is 28.8. The van der Waals surface area contributed by atoms with Gasteiger partial charge in [-0.1, -0.05) is 24.4 Å². The van der Waals surface area contributed by atoms with Crippen molar-refractivity contribution in [3.05, 3.63) is 83.5 Å². The molecule has 1 fully saturated rings. The zero-order valence-corrected chi connectivity index (χ0v) is 19.0. The van der Waals surface area contributed by atoms with Gasteiger partial charge in [0.2, 0.25) is 5.69 Å². The van der Waals surface area contributed by atoms with Gasteiger partial charge in [0, 0.05) is 12.3 Å². The van der Waals surface area contributed by atoms with Crippen LogP contribution in [0.2, 0.25) is 5.02 Å². The Hall–Kier alpha value is -4.12. The fourth-order valence-electron chi connectivity index (χ4n) is 4.20. The van der Waals surface area contributed by atoms with Crippen molar-refractivity contribution in [3.63, 3.8) is 0 Å². The predicted octanol–water partition coefficient (Wildman–Crippen LogP) is 4.00. The molecule has 4 heterocycles. The van der Waals surface area contributed by atoms with E-state index in [1.807, 2.05) is 6.20 Å². The Balaban J connectivity index is 1.41. The Labute approximate surface area is 203 Å². The normalized spacial score (nSPS) is 14.3. The van der Waals surface area contributed by atoms with E-state index in [9.17, 15) is 5.21 Å². The number of tetrazole rings is 1. The number of halogens is 2. The molecule has 1 atom stereocenters. The molecule has 0 saturated heterocycles. The Morgan fingerprint density at radius 1 is 1.20 bits per heavy atom. The van der Waals surface area contributed by atoms with E-state index in [2.05, 4.69) is 25.6 Å². The predicted molar refractivity (Wildman–Crippen MR) is 122 cm³/mol. The third-order valence-corrected chi connectivity index (χ3v) is 6.43. The highest BCUT2D eigenvalue weighted by Gasteiger charge is 2.32. The molecule has 0 bridgehead atoms. The van der Waals surface area contributed by atoms with Crippen molar-refractivity contribution in [3.8, 4) is 28.1 Å². The molecule has 176 valence electrons. The van der Waals surface area contributed by atoms with Crippen LogP contribution >= 0.6 is 11.6 Å². The molecular weight excluding hydrogens is 475 g/mol. The number of aromatic nitrogens is 8. The zero-order valence-electron chi connectivity index (χ0n) is 18.2. The van der Waals surface area contributed by atoms with Crippen LogP contribution in [-0.4, -0.2) is 35.0 Å². The van der Waals surface area contributed by atoms with Crippen LogP contribution in [0.5, 0.6) is 0 Å². The Kier molecular flexibility index (Phi) is 5.25. The number of benzene rings is 1. The third kappa shape index (κ3) is 4.03. The van der Waals surface area contributed by atoms with Gasteiger partial charge in [-0.3, -0.25) is 4.68 Å². The molecule has 6 rings (SSSR count). The second-order valence-corrected chi connectivity index (χ2v) is 8.86. The molecule has 0 radical (unpaired) electrons. The topological polar surface area (TPSA) is 114 Å². The van der Waals surface area contributed by atoms with Gasteiger partial charge in [-0.15, -0.1) is 5.10 Å². The molecule has 0 spiro atoms. The van der Waals surface area contributed by atoms with E-state index in [4.69, 9.17) is 16.0 Å². The van der Waals surface area contributed by atoms with Gasteiger partial charge in [-0.25, -0.2) is 9.37 Å². The van der Waals surface area contributed by atoms with Gasteiger partial charge in [0.05, 0.1) is 39.8 Å². The maximum Gasteiger partial charge on any atom is 0.217 e. The summed E-state index contributed by atoms with van der Waals surface area (Å²) in [5.74, 6) is 0.457. The highest BCUT2D eigenvalue weighted by molar-refractivity contribution is 6.31. The van der Waals surface area contributed by atoms with Crippen LogP contribution < -0.4 is 4.73 Å². The molecular formula is C23H18ClFN8O2. The van der Waals surface area contributed by atoms with E-state index in [0.29, 0.717) is 28.6 Å². The first kappa shape index (κ1) is 21.4. The van der Waals surface area contributed by atoms with Crippen molar-refractivity contribution in [1.82, 2.24) is 35.0 Å². The summed E-state index contributed by atoms with van der Waals surface area (Å²) in [7, 11) is 0. The summed E-state index contributed by atoms with van der Waals surface area (Å²) in [4.78, 5) is 3.95. The second-order valence-electron chi connectivity index (χ2n) is 8.45. The van der Waals surface area contributed by atoms with Gasteiger partial charge in [-0.2, -0.15) is 14.5 Å². The molecule has 0 aliphatic heterocycles. The zero-order chi connectivity index (χ0) is 23.9. The Bertz CT molecular complexity index is 1480. The van der Waals surface area contributed by atoms with Crippen LogP contribution in [0.25, 0.3) is 28.1 Å². The molecule has 1 aliphatic rings. The van der Waals surface area contributed by atoms with Crippen molar-refractivity contribution in [2.24, 2.45) is 5.92 Å². The fourth-order valence-corrected chi connectivity index (χ4v) is 4.36. The quantitative estimate of drug-likeness (QED) is 0.249. The lowest BCUT2D eigenvalue weighted by Gasteiger charge is -2.18. The van der Waals surface area contributed by atoms with Crippen LogP contribution in [0.15, 0.2) is 66.2 Å². The first-order chi connectivity index (χ1) is 17.1. The molecule has 4 aromatic heterocycles. The van der Waals surface area contributed by atoms with Crippen LogP contribution in [0.4, 0.5) is 4.39 Å². The van der Waals surface area contributed by atoms with Gasteiger partial charge < -0.3 is 9.62 Å². The maximum absolute atomic E-state index is 15.2.